The Morgan fingerprint density at radius 1 is 1.25 bits per heavy atom. The molecule has 16 heavy (non-hydrogen) atoms. The van der Waals surface area contributed by atoms with Gasteiger partial charge in [0.25, 0.3) is 0 Å². The summed E-state index contributed by atoms with van der Waals surface area (Å²) >= 11 is 0. The number of aryl methyl sites for hydroxylation is 1. The molecule has 0 saturated carbocycles. The Balaban J connectivity index is 2.61. The van der Waals surface area contributed by atoms with E-state index < -0.39 is 0 Å². The Kier molecular flexibility index (Phi) is 2.79. The third kappa shape index (κ3) is 1.63. The van der Waals surface area contributed by atoms with Gasteiger partial charge in [0, 0.05) is 24.8 Å². The van der Waals surface area contributed by atoms with Crippen LogP contribution in [0.25, 0.3) is 11.4 Å². The fourth-order valence-corrected chi connectivity index (χ4v) is 1.89. The van der Waals surface area contributed by atoms with Crippen LogP contribution in [0.3, 0.4) is 0 Å². The van der Waals surface area contributed by atoms with Crippen LogP contribution >= 0.6 is 0 Å². The minimum Gasteiger partial charge on any atom is -0.331 e. The van der Waals surface area contributed by atoms with Crippen LogP contribution in [0.1, 0.15) is 17.0 Å². The van der Waals surface area contributed by atoms with Gasteiger partial charge in [-0.15, -0.1) is 0 Å². The first-order chi connectivity index (χ1) is 7.65. The van der Waals surface area contributed by atoms with E-state index in [9.17, 15) is 0 Å². The van der Waals surface area contributed by atoms with Gasteiger partial charge in [-0.05, 0) is 19.4 Å². The van der Waals surface area contributed by atoms with Crippen molar-refractivity contribution in [1.29, 1.82) is 0 Å². The first-order valence-electron chi connectivity index (χ1n) is 5.43. The van der Waals surface area contributed by atoms with E-state index in [1.54, 1.807) is 0 Å². The molecule has 0 spiro atoms. The first-order valence-corrected chi connectivity index (χ1v) is 5.43. The molecule has 0 bridgehead atoms. The van der Waals surface area contributed by atoms with E-state index in [4.69, 9.17) is 5.73 Å². The fourth-order valence-electron chi connectivity index (χ4n) is 1.89. The van der Waals surface area contributed by atoms with E-state index in [2.05, 4.69) is 35.5 Å². The summed E-state index contributed by atoms with van der Waals surface area (Å²) in [5, 5.41) is 0. The second-order valence-corrected chi connectivity index (χ2v) is 4.05. The molecule has 84 valence electrons. The van der Waals surface area contributed by atoms with Crippen molar-refractivity contribution in [2.75, 3.05) is 0 Å². The SMILES string of the molecule is Cc1ccccc1-c1nc(CN)c(C)n1C. The molecule has 0 aliphatic carbocycles. The quantitative estimate of drug-likeness (QED) is 0.834. The van der Waals surface area contributed by atoms with Crippen molar-refractivity contribution >= 4 is 0 Å². The van der Waals surface area contributed by atoms with Gasteiger partial charge in [-0.1, -0.05) is 24.3 Å². The number of aromatic nitrogens is 2. The van der Waals surface area contributed by atoms with Gasteiger partial charge in [0.05, 0.1) is 5.69 Å². The maximum Gasteiger partial charge on any atom is 0.140 e. The maximum atomic E-state index is 5.67. The molecule has 0 fully saturated rings. The zero-order chi connectivity index (χ0) is 11.7. The van der Waals surface area contributed by atoms with Crippen LogP contribution in [-0.2, 0) is 13.6 Å². The predicted octanol–water partition coefficient (Wildman–Crippen LogP) is 2.16. The fraction of sp³-hybridized carbons (Fsp3) is 0.308. The minimum absolute atomic E-state index is 0.492. The molecule has 3 nitrogen and oxygen atoms in total. The molecule has 0 radical (unpaired) electrons. The Labute approximate surface area is 95.9 Å². The van der Waals surface area contributed by atoms with E-state index in [1.165, 1.54) is 11.1 Å². The summed E-state index contributed by atoms with van der Waals surface area (Å²) in [7, 11) is 2.03. The van der Waals surface area contributed by atoms with Gasteiger partial charge in [-0.25, -0.2) is 4.98 Å². The van der Waals surface area contributed by atoms with Gasteiger partial charge in [0.15, 0.2) is 0 Å². The normalized spacial score (nSPS) is 10.8. The summed E-state index contributed by atoms with van der Waals surface area (Å²) in [5.74, 6) is 0.996. The average molecular weight is 215 g/mol. The lowest BCUT2D eigenvalue weighted by Gasteiger charge is -2.05. The number of nitrogens with two attached hydrogens (primary N) is 1. The van der Waals surface area contributed by atoms with Crippen molar-refractivity contribution in [3.05, 3.63) is 41.2 Å². The highest BCUT2D eigenvalue weighted by molar-refractivity contribution is 5.61. The summed E-state index contributed by atoms with van der Waals surface area (Å²) in [6.45, 7) is 4.64. The summed E-state index contributed by atoms with van der Waals surface area (Å²) in [6, 6.07) is 8.27. The minimum atomic E-state index is 0.492. The Bertz CT molecular complexity index is 512. The topological polar surface area (TPSA) is 43.8 Å². The van der Waals surface area contributed by atoms with Gasteiger partial charge >= 0.3 is 0 Å². The van der Waals surface area contributed by atoms with Crippen molar-refractivity contribution < 1.29 is 0 Å². The number of benzene rings is 1. The molecule has 0 aliphatic heterocycles. The molecule has 0 atom stereocenters. The van der Waals surface area contributed by atoms with E-state index in [0.29, 0.717) is 6.54 Å². The number of hydrogen-bond acceptors (Lipinski definition) is 2. The average Bonchev–Trinajstić information content (AvgIpc) is 2.57. The molecule has 0 amide bonds. The predicted molar refractivity (Wildman–Crippen MR) is 66.0 cm³/mol. The van der Waals surface area contributed by atoms with Crippen LogP contribution in [0.4, 0.5) is 0 Å². The van der Waals surface area contributed by atoms with Crippen LogP contribution in [0, 0.1) is 13.8 Å². The molecule has 2 rings (SSSR count). The highest BCUT2D eigenvalue weighted by Gasteiger charge is 2.12. The smallest absolute Gasteiger partial charge is 0.140 e. The summed E-state index contributed by atoms with van der Waals surface area (Å²) < 4.78 is 2.10. The molecule has 1 heterocycles. The molecule has 0 saturated heterocycles. The van der Waals surface area contributed by atoms with Gasteiger partial charge in [-0.2, -0.15) is 0 Å². The molecule has 2 N–H and O–H groups in total. The standard InChI is InChI=1S/C13H17N3/c1-9-6-4-5-7-11(9)13-15-12(8-14)10(2)16(13)3/h4-7H,8,14H2,1-3H3. The van der Waals surface area contributed by atoms with Crippen LogP contribution in [0.2, 0.25) is 0 Å². The van der Waals surface area contributed by atoms with E-state index in [0.717, 1.165) is 17.2 Å². The zero-order valence-electron chi connectivity index (χ0n) is 9.99. The Morgan fingerprint density at radius 2 is 1.94 bits per heavy atom. The molecular formula is C13H17N3. The van der Waals surface area contributed by atoms with Crippen molar-refractivity contribution in [2.24, 2.45) is 12.8 Å². The number of nitrogens with zero attached hydrogens (tertiary/aromatic N) is 2. The van der Waals surface area contributed by atoms with E-state index >= 15 is 0 Å². The molecule has 1 aromatic carbocycles. The van der Waals surface area contributed by atoms with Crippen molar-refractivity contribution in [3.8, 4) is 11.4 Å². The van der Waals surface area contributed by atoms with Crippen molar-refractivity contribution in [1.82, 2.24) is 9.55 Å². The highest BCUT2D eigenvalue weighted by atomic mass is 15.1. The van der Waals surface area contributed by atoms with Gasteiger partial charge in [0.2, 0.25) is 0 Å². The Hall–Kier alpha value is -1.61. The lowest BCUT2D eigenvalue weighted by atomic mass is 10.1. The van der Waals surface area contributed by atoms with E-state index in [1.807, 2.05) is 19.2 Å². The molecular weight excluding hydrogens is 198 g/mol. The molecule has 2 aromatic rings. The molecule has 3 heteroatoms. The van der Waals surface area contributed by atoms with E-state index in [-0.39, 0.29) is 0 Å². The maximum absolute atomic E-state index is 5.67. The highest BCUT2D eigenvalue weighted by Crippen LogP contribution is 2.23. The van der Waals surface area contributed by atoms with Gasteiger partial charge in [-0.3, -0.25) is 0 Å². The molecule has 0 unspecified atom stereocenters. The monoisotopic (exact) mass is 215 g/mol. The zero-order valence-corrected chi connectivity index (χ0v) is 9.99. The largest absolute Gasteiger partial charge is 0.331 e. The number of imidazole rings is 1. The van der Waals surface area contributed by atoms with Crippen LogP contribution in [0.5, 0.6) is 0 Å². The van der Waals surface area contributed by atoms with Crippen LogP contribution in [-0.4, -0.2) is 9.55 Å². The van der Waals surface area contributed by atoms with Crippen molar-refractivity contribution in [2.45, 2.75) is 20.4 Å². The van der Waals surface area contributed by atoms with Crippen LogP contribution in [0.15, 0.2) is 24.3 Å². The third-order valence-electron chi connectivity index (χ3n) is 3.06. The summed E-state index contributed by atoms with van der Waals surface area (Å²) in [4.78, 5) is 4.60. The molecule has 0 aliphatic rings. The lowest BCUT2D eigenvalue weighted by molar-refractivity contribution is 0.872. The first kappa shape index (κ1) is 10.9. The van der Waals surface area contributed by atoms with Crippen LogP contribution < -0.4 is 5.73 Å². The van der Waals surface area contributed by atoms with Gasteiger partial charge < -0.3 is 10.3 Å². The Morgan fingerprint density at radius 3 is 2.50 bits per heavy atom. The van der Waals surface area contributed by atoms with Crippen molar-refractivity contribution in [3.63, 3.8) is 0 Å². The number of hydrogen-bond donors (Lipinski definition) is 1. The second kappa shape index (κ2) is 4.10. The van der Waals surface area contributed by atoms with Gasteiger partial charge in [0.1, 0.15) is 5.82 Å². The molecule has 1 aromatic heterocycles. The lowest BCUT2D eigenvalue weighted by Crippen LogP contribution is -1.99. The summed E-state index contributed by atoms with van der Waals surface area (Å²) in [5.41, 5.74) is 10.2. The number of rotatable bonds is 2. The summed E-state index contributed by atoms with van der Waals surface area (Å²) in [6.07, 6.45) is 0. The third-order valence-corrected chi connectivity index (χ3v) is 3.06. The second-order valence-electron chi connectivity index (χ2n) is 4.05.